The van der Waals surface area contributed by atoms with E-state index in [-0.39, 0.29) is 11.3 Å². The molecule has 0 aliphatic carbocycles. The predicted octanol–water partition coefficient (Wildman–Crippen LogP) is 3.38. The van der Waals surface area contributed by atoms with Crippen molar-refractivity contribution in [3.05, 3.63) is 64.7 Å². The van der Waals surface area contributed by atoms with Gasteiger partial charge >= 0.3 is 5.97 Å². The summed E-state index contributed by atoms with van der Waals surface area (Å²) in [6.07, 6.45) is 0. The van der Waals surface area contributed by atoms with Crippen molar-refractivity contribution in [1.82, 2.24) is 4.98 Å². The number of aromatic nitrogens is 1. The lowest BCUT2D eigenvalue weighted by Crippen LogP contribution is -2.26. The van der Waals surface area contributed by atoms with Crippen LogP contribution in [0, 0.1) is 0 Å². The number of pyridine rings is 1. The summed E-state index contributed by atoms with van der Waals surface area (Å²) in [5, 5.41) is 10.1. The number of fused-ring (bicyclic) bond motifs is 2. The maximum Gasteiger partial charge on any atom is 0.335 e. The predicted molar refractivity (Wildman–Crippen MR) is 103 cm³/mol. The van der Waals surface area contributed by atoms with Crippen molar-refractivity contribution in [3.63, 3.8) is 0 Å². The van der Waals surface area contributed by atoms with Gasteiger partial charge in [-0.15, -0.1) is 0 Å². The molecule has 0 radical (unpaired) electrons. The van der Waals surface area contributed by atoms with E-state index in [1.54, 1.807) is 30.3 Å². The number of carboxylic acids is 1. The average Bonchev–Trinajstić information content (AvgIpc) is 2.78. The SMILES string of the molecule is O=C(O)c1ccc2nc(N3CCS(=O)(=O)c4ccccc4C3)cc(Cl)c2c1. The number of carboxylic acid groups (broad SMARTS) is 1. The van der Waals surface area contributed by atoms with Crippen LogP contribution in [0.1, 0.15) is 15.9 Å². The van der Waals surface area contributed by atoms with E-state index < -0.39 is 15.8 Å². The van der Waals surface area contributed by atoms with Crippen LogP contribution in [0.5, 0.6) is 0 Å². The lowest BCUT2D eigenvalue weighted by molar-refractivity contribution is 0.0697. The molecule has 1 N–H and O–H groups in total. The topological polar surface area (TPSA) is 87.6 Å². The van der Waals surface area contributed by atoms with Crippen LogP contribution in [-0.2, 0) is 16.4 Å². The van der Waals surface area contributed by atoms with Crippen LogP contribution in [0.25, 0.3) is 10.9 Å². The van der Waals surface area contributed by atoms with Crippen molar-refractivity contribution >= 4 is 44.1 Å². The van der Waals surface area contributed by atoms with Crippen molar-refractivity contribution in [2.24, 2.45) is 0 Å². The number of nitrogens with zero attached hydrogens (tertiary/aromatic N) is 2. The van der Waals surface area contributed by atoms with Gasteiger partial charge in [-0.05, 0) is 35.9 Å². The summed E-state index contributed by atoms with van der Waals surface area (Å²) in [7, 11) is -3.35. The number of carbonyl (C=O) groups is 1. The number of aromatic carboxylic acids is 1. The Morgan fingerprint density at radius 1 is 1.15 bits per heavy atom. The first kappa shape index (κ1) is 17.8. The normalized spacial score (nSPS) is 16.0. The summed E-state index contributed by atoms with van der Waals surface area (Å²) in [4.78, 5) is 18.0. The van der Waals surface area contributed by atoms with Gasteiger partial charge < -0.3 is 10.0 Å². The first-order chi connectivity index (χ1) is 12.8. The fourth-order valence-corrected chi connectivity index (χ4v) is 4.97. The van der Waals surface area contributed by atoms with Crippen LogP contribution >= 0.6 is 11.6 Å². The summed E-state index contributed by atoms with van der Waals surface area (Å²) >= 11 is 6.38. The number of hydrogen-bond acceptors (Lipinski definition) is 5. The third-order valence-corrected chi connectivity index (χ3v) is 6.72. The molecule has 3 aromatic rings. The quantitative estimate of drug-likeness (QED) is 0.707. The zero-order valence-electron chi connectivity index (χ0n) is 14.1. The lowest BCUT2D eigenvalue weighted by atomic mass is 10.1. The second-order valence-electron chi connectivity index (χ2n) is 6.35. The molecule has 0 spiro atoms. The van der Waals surface area contributed by atoms with E-state index in [0.717, 1.165) is 0 Å². The molecule has 4 rings (SSSR count). The largest absolute Gasteiger partial charge is 0.478 e. The average molecular weight is 403 g/mol. The van der Waals surface area contributed by atoms with Crippen LogP contribution < -0.4 is 4.90 Å². The Labute approximate surface area is 160 Å². The first-order valence-electron chi connectivity index (χ1n) is 8.24. The molecule has 0 saturated heterocycles. The molecule has 8 heteroatoms. The van der Waals surface area contributed by atoms with Gasteiger partial charge in [-0.1, -0.05) is 29.8 Å². The Morgan fingerprint density at radius 3 is 2.70 bits per heavy atom. The van der Waals surface area contributed by atoms with E-state index in [1.165, 1.54) is 12.1 Å². The Kier molecular flexibility index (Phi) is 4.28. The summed E-state index contributed by atoms with van der Waals surface area (Å²) in [5.41, 5.74) is 1.41. The molecule has 138 valence electrons. The second-order valence-corrected chi connectivity index (χ2v) is 8.83. The number of halogens is 1. The summed E-state index contributed by atoms with van der Waals surface area (Å²) in [6.45, 7) is 0.691. The number of sulfone groups is 1. The van der Waals surface area contributed by atoms with Gasteiger partial charge in [0.25, 0.3) is 0 Å². The zero-order valence-corrected chi connectivity index (χ0v) is 15.7. The van der Waals surface area contributed by atoms with Gasteiger partial charge in [0.05, 0.1) is 26.8 Å². The lowest BCUT2D eigenvalue weighted by Gasteiger charge is -2.22. The molecule has 0 atom stereocenters. The molecule has 2 aromatic carbocycles. The Hall–Kier alpha value is -2.64. The van der Waals surface area contributed by atoms with Crippen molar-refractivity contribution in [1.29, 1.82) is 0 Å². The maximum absolute atomic E-state index is 12.5. The molecular formula is C19H15ClN2O4S. The van der Waals surface area contributed by atoms with Crippen LogP contribution in [0.2, 0.25) is 5.02 Å². The summed E-state index contributed by atoms with van der Waals surface area (Å²) in [6, 6.07) is 13.2. The summed E-state index contributed by atoms with van der Waals surface area (Å²) < 4.78 is 25.0. The molecule has 1 aliphatic rings. The standard InChI is InChI=1S/C19H15ClN2O4S/c20-15-10-18(21-16-6-5-12(19(23)24)9-14(15)16)22-7-8-27(25,26)17-4-2-1-3-13(17)11-22/h1-6,9-10H,7-8,11H2,(H,23,24). The molecule has 0 saturated carbocycles. The van der Waals surface area contributed by atoms with Gasteiger partial charge in [-0.3, -0.25) is 0 Å². The van der Waals surface area contributed by atoms with Gasteiger partial charge in [-0.2, -0.15) is 0 Å². The minimum atomic E-state index is -3.35. The van der Waals surface area contributed by atoms with Crippen molar-refractivity contribution in [2.75, 3.05) is 17.2 Å². The molecule has 0 unspecified atom stereocenters. The Morgan fingerprint density at radius 2 is 1.93 bits per heavy atom. The van der Waals surface area contributed by atoms with E-state index >= 15 is 0 Å². The van der Waals surface area contributed by atoms with Gasteiger partial charge in [0.1, 0.15) is 5.82 Å². The Bertz CT molecular complexity index is 1180. The third-order valence-electron chi connectivity index (χ3n) is 4.61. The van der Waals surface area contributed by atoms with Gasteiger partial charge in [0.15, 0.2) is 9.84 Å². The molecule has 1 aliphatic heterocycles. The molecule has 2 heterocycles. The van der Waals surface area contributed by atoms with Crippen LogP contribution in [0.3, 0.4) is 0 Å². The third kappa shape index (κ3) is 3.24. The van der Waals surface area contributed by atoms with Crippen LogP contribution in [-0.4, -0.2) is 36.8 Å². The summed E-state index contributed by atoms with van der Waals surface area (Å²) in [5.74, 6) is -0.492. The van der Waals surface area contributed by atoms with E-state index in [0.29, 0.717) is 45.3 Å². The number of hydrogen-bond donors (Lipinski definition) is 1. The van der Waals surface area contributed by atoms with Crippen molar-refractivity contribution in [3.8, 4) is 0 Å². The highest BCUT2D eigenvalue weighted by Crippen LogP contribution is 2.31. The van der Waals surface area contributed by atoms with E-state index in [9.17, 15) is 13.2 Å². The van der Waals surface area contributed by atoms with Crippen molar-refractivity contribution in [2.45, 2.75) is 11.4 Å². The van der Waals surface area contributed by atoms with Crippen LogP contribution in [0.15, 0.2) is 53.4 Å². The van der Waals surface area contributed by atoms with Gasteiger partial charge in [0.2, 0.25) is 0 Å². The zero-order chi connectivity index (χ0) is 19.2. The highest BCUT2D eigenvalue weighted by Gasteiger charge is 2.26. The van der Waals surface area contributed by atoms with E-state index in [4.69, 9.17) is 16.7 Å². The fourth-order valence-electron chi connectivity index (χ4n) is 3.23. The number of anilines is 1. The van der Waals surface area contributed by atoms with Crippen molar-refractivity contribution < 1.29 is 18.3 Å². The highest BCUT2D eigenvalue weighted by molar-refractivity contribution is 7.91. The monoisotopic (exact) mass is 402 g/mol. The minimum Gasteiger partial charge on any atom is -0.478 e. The molecule has 0 amide bonds. The molecule has 1 aromatic heterocycles. The molecule has 0 fully saturated rings. The van der Waals surface area contributed by atoms with Gasteiger partial charge in [-0.25, -0.2) is 18.2 Å². The highest BCUT2D eigenvalue weighted by atomic mass is 35.5. The van der Waals surface area contributed by atoms with Gasteiger partial charge in [0, 0.05) is 18.5 Å². The van der Waals surface area contributed by atoms with Crippen LogP contribution in [0.4, 0.5) is 5.82 Å². The number of benzene rings is 2. The van der Waals surface area contributed by atoms with E-state index in [2.05, 4.69) is 4.98 Å². The maximum atomic E-state index is 12.5. The molecular weight excluding hydrogens is 388 g/mol. The molecule has 0 bridgehead atoms. The second kappa shape index (κ2) is 6.51. The van der Waals surface area contributed by atoms with E-state index in [1.807, 2.05) is 11.0 Å². The Balaban J connectivity index is 1.79. The minimum absolute atomic E-state index is 0.0146. The first-order valence-corrected chi connectivity index (χ1v) is 10.3. The molecule has 6 nitrogen and oxygen atoms in total. The molecule has 27 heavy (non-hydrogen) atoms. The fraction of sp³-hybridized carbons (Fsp3) is 0.158. The smallest absolute Gasteiger partial charge is 0.335 e. The number of rotatable bonds is 2.